The zero-order chi connectivity index (χ0) is 20.5. The van der Waals surface area contributed by atoms with E-state index in [4.69, 9.17) is 9.47 Å². The molecule has 30 heavy (non-hydrogen) atoms. The number of rotatable bonds is 7. The van der Waals surface area contributed by atoms with E-state index in [9.17, 15) is 4.79 Å². The number of carbonyl (C=O) groups is 1. The monoisotopic (exact) mass is 425 g/mol. The normalized spacial score (nSPS) is 23.8. The van der Waals surface area contributed by atoms with Gasteiger partial charge in [0, 0.05) is 38.1 Å². The minimum atomic E-state index is -0.122. The summed E-state index contributed by atoms with van der Waals surface area (Å²) in [5, 5.41) is 0.0662. The van der Waals surface area contributed by atoms with Gasteiger partial charge in [0.25, 0.3) is 5.24 Å². The van der Waals surface area contributed by atoms with Crippen LogP contribution >= 0.6 is 11.9 Å². The summed E-state index contributed by atoms with van der Waals surface area (Å²) in [7, 11) is 1.65. The van der Waals surface area contributed by atoms with Crippen molar-refractivity contribution in [2.75, 3.05) is 26.7 Å². The van der Waals surface area contributed by atoms with Crippen LogP contribution in [-0.4, -0.2) is 58.5 Å². The molecule has 3 aliphatic rings. The van der Waals surface area contributed by atoms with E-state index in [-0.39, 0.29) is 17.7 Å². The fourth-order valence-electron chi connectivity index (χ4n) is 4.29. The van der Waals surface area contributed by atoms with Gasteiger partial charge in [0.2, 0.25) is 0 Å². The van der Waals surface area contributed by atoms with Crippen molar-refractivity contribution in [1.82, 2.24) is 14.1 Å². The molecule has 0 radical (unpaired) electrons. The summed E-state index contributed by atoms with van der Waals surface area (Å²) >= 11 is 1.30. The van der Waals surface area contributed by atoms with Crippen LogP contribution in [0.1, 0.15) is 23.1 Å². The van der Waals surface area contributed by atoms with Crippen molar-refractivity contribution in [2.24, 2.45) is 0 Å². The van der Waals surface area contributed by atoms with Gasteiger partial charge in [0.1, 0.15) is 5.75 Å². The Balaban J connectivity index is 1.10. The second-order valence-electron chi connectivity index (χ2n) is 8.04. The number of carbonyl (C=O) groups excluding carboxylic acids is 1. The van der Waals surface area contributed by atoms with Crippen molar-refractivity contribution in [1.29, 1.82) is 0 Å². The van der Waals surface area contributed by atoms with Gasteiger partial charge in [-0.05, 0) is 48.2 Å². The molecule has 2 aromatic rings. The third-order valence-electron chi connectivity index (χ3n) is 6.04. The smallest absolute Gasteiger partial charge is 0.299 e. The molecule has 7 heteroatoms. The fourth-order valence-corrected chi connectivity index (χ4v) is 5.25. The third kappa shape index (κ3) is 4.21. The average molecular weight is 426 g/mol. The predicted octanol–water partition coefficient (Wildman–Crippen LogP) is 3.71. The van der Waals surface area contributed by atoms with Crippen molar-refractivity contribution < 1.29 is 14.3 Å². The number of methoxy groups -OCH3 is 1. The Bertz CT molecular complexity index is 907. The SMILES string of the molecule is COc1ccc(CN2C(=O)SN(CCCN3CCc4ccccc4C3)C3OC32)cc1. The molecule has 158 valence electrons. The average Bonchev–Trinajstić information content (AvgIpc) is 3.58. The Hall–Kier alpha value is -2.06. The van der Waals surface area contributed by atoms with E-state index >= 15 is 0 Å². The molecule has 5 rings (SSSR count). The van der Waals surface area contributed by atoms with Gasteiger partial charge in [-0.3, -0.25) is 14.6 Å². The highest BCUT2D eigenvalue weighted by Gasteiger charge is 2.54. The molecule has 0 N–H and O–H groups in total. The minimum absolute atomic E-state index is 0.0213. The zero-order valence-electron chi connectivity index (χ0n) is 17.2. The lowest BCUT2D eigenvalue weighted by Crippen LogP contribution is -2.42. The van der Waals surface area contributed by atoms with Crippen LogP contribution in [0.15, 0.2) is 48.5 Å². The van der Waals surface area contributed by atoms with Crippen LogP contribution in [0, 0.1) is 0 Å². The first kappa shape index (κ1) is 19.9. The summed E-state index contributed by atoms with van der Waals surface area (Å²) in [6, 6.07) is 16.6. The van der Waals surface area contributed by atoms with Gasteiger partial charge in [-0.2, -0.15) is 0 Å². The molecule has 0 aromatic heterocycles. The Morgan fingerprint density at radius 1 is 1.07 bits per heavy atom. The van der Waals surface area contributed by atoms with Crippen LogP contribution in [-0.2, 0) is 24.2 Å². The molecule has 2 saturated heterocycles. The predicted molar refractivity (Wildman–Crippen MR) is 117 cm³/mol. The van der Waals surface area contributed by atoms with Crippen molar-refractivity contribution in [3.05, 3.63) is 65.2 Å². The fraction of sp³-hybridized carbons (Fsp3) is 0.435. The standard InChI is InChI=1S/C23H27N3O3S/c1-28-20-9-7-17(8-10-20)15-25-21-22(29-21)26(30-23(25)27)13-4-12-24-14-11-18-5-2-3-6-19(18)16-24/h2-3,5-10,21-22H,4,11-16H2,1H3. The van der Waals surface area contributed by atoms with Crippen LogP contribution < -0.4 is 4.74 Å². The molecule has 6 nitrogen and oxygen atoms in total. The summed E-state index contributed by atoms with van der Waals surface area (Å²) in [5.74, 6) is 0.821. The maximum atomic E-state index is 12.7. The molecule has 0 saturated carbocycles. The highest BCUT2D eigenvalue weighted by Crippen LogP contribution is 2.41. The van der Waals surface area contributed by atoms with Gasteiger partial charge in [-0.15, -0.1) is 0 Å². The molecule has 3 aliphatic heterocycles. The molecule has 0 aliphatic carbocycles. The quantitative estimate of drug-likeness (QED) is 0.498. The summed E-state index contributed by atoms with van der Waals surface area (Å²) in [4.78, 5) is 17.0. The van der Waals surface area contributed by atoms with Gasteiger partial charge < -0.3 is 9.47 Å². The Morgan fingerprint density at radius 2 is 1.87 bits per heavy atom. The number of hydrogen-bond acceptors (Lipinski definition) is 6. The number of epoxide rings is 1. The van der Waals surface area contributed by atoms with Gasteiger partial charge in [-0.1, -0.05) is 36.4 Å². The maximum absolute atomic E-state index is 12.7. The number of benzene rings is 2. The van der Waals surface area contributed by atoms with Crippen LogP contribution in [0.4, 0.5) is 4.79 Å². The summed E-state index contributed by atoms with van der Waals surface area (Å²) in [6.07, 6.45) is 2.06. The molecule has 3 heterocycles. The van der Waals surface area contributed by atoms with E-state index in [1.807, 2.05) is 29.2 Å². The largest absolute Gasteiger partial charge is 0.497 e. The molecule has 2 aromatic carbocycles. The van der Waals surface area contributed by atoms with E-state index in [0.29, 0.717) is 6.54 Å². The highest BCUT2D eigenvalue weighted by molar-refractivity contribution is 8.11. The Morgan fingerprint density at radius 3 is 2.67 bits per heavy atom. The van der Waals surface area contributed by atoms with E-state index in [1.165, 1.54) is 23.1 Å². The van der Waals surface area contributed by atoms with Crippen molar-refractivity contribution in [3.8, 4) is 5.75 Å². The summed E-state index contributed by atoms with van der Waals surface area (Å²) in [6.45, 7) is 4.62. The van der Waals surface area contributed by atoms with E-state index in [0.717, 1.165) is 50.3 Å². The molecular weight excluding hydrogens is 398 g/mol. The summed E-state index contributed by atoms with van der Waals surface area (Å²) in [5.41, 5.74) is 4.01. The molecule has 1 amide bonds. The first-order valence-electron chi connectivity index (χ1n) is 10.5. The van der Waals surface area contributed by atoms with Gasteiger partial charge in [0.05, 0.1) is 7.11 Å². The Labute approximate surface area is 181 Å². The third-order valence-corrected chi connectivity index (χ3v) is 7.06. The zero-order valence-corrected chi connectivity index (χ0v) is 18.0. The van der Waals surface area contributed by atoms with E-state index in [1.54, 1.807) is 7.11 Å². The summed E-state index contributed by atoms with van der Waals surface area (Å²) < 4.78 is 13.2. The lowest BCUT2D eigenvalue weighted by Gasteiger charge is -2.31. The lowest BCUT2D eigenvalue weighted by atomic mass is 10.00. The minimum Gasteiger partial charge on any atom is -0.497 e. The number of hydrogen-bond donors (Lipinski definition) is 0. The second kappa shape index (κ2) is 8.59. The van der Waals surface area contributed by atoms with Crippen molar-refractivity contribution in [2.45, 2.75) is 38.4 Å². The van der Waals surface area contributed by atoms with Crippen LogP contribution in [0.25, 0.3) is 0 Å². The first-order valence-corrected chi connectivity index (χ1v) is 11.3. The highest BCUT2D eigenvalue weighted by atomic mass is 32.2. The lowest BCUT2D eigenvalue weighted by molar-refractivity contribution is 0.185. The van der Waals surface area contributed by atoms with E-state index in [2.05, 4.69) is 33.5 Å². The molecule has 0 spiro atoms. The Kier molecular flexibility index (Phi) is 5.69. The van der Waals surface area contributed by atoms with E-state index < -0.39 is 0 Å². The number of amides is 1. The van der Waals surface area contributed by atoms with Crippen LogP contribution in [0.2, 0.25) is 0 Å². The van der Waals surface area contributed by atoms with Crippen molar-refractivity contribution >= 4 is 17.2 Å². The van der Waals surface area contributed by atoms with Gasteiger partial charge in [-0.25, -0.2) is 4.31 Å². The second-order valence-corrected chi connectivity index (χ2v) is 9.04. The first-order chi connectivity index (χ1) is 14.7. The van der Waals surface area contributed by atoms with Crippen LogP contribution in [0.5, 0.6) is 5.75 Å². The topological polar surface area (TPSA) is 48.6 Å². The molecule has 0 bridgehead atoms. The molecular formula is C23H27N3O3S. The molecule has 2 unspecified atom stereocenters. The van der Waals surface area contributed by atoms with Gasteiger partial charge in [0.15, 0.2) is 12.5 Å². The van der Waals surface area contributed by atoms with Crippen molar-refractivity contribution in [3.63, 3.8) is 0 Å². The number of ether oxygens (including phenoxy) is 2. The molecule has 2 atom stereocenters. The van der Waals surface area contributed by atoms with Crippen LogP contribution in [0.3, 0.4) is 0 Å². The van der Waals surface area contributed by atoms with Gasteiger partial charge >= 0.3 is 0 Å². The molecule has 2 fully saturated rings. The maximum Gasteiger partial charge on any atom is 0.299 e. The number of fused-ring (bicyclic) bond motifs is 2. The number of nitrogens with zero attached hydrogens (tertiary/aromatic N) is 3.